The lowest BCUT2D eigenvalue weighted by Crippen LogP contribution is -1.90. The molecule has 0 aliphatic carbocycles. The maximum atomic E-state index is 10.8. The number of allylic oxidation sites excluding steroid dienone is 8. The first-order chi connectivity index (χ1) is 12.2. The molecule has 2 unspecified atom stereocenters. The minimum absolute atomic E-state index is 0.256. The molecule has 1 fully saturated rings. The molecule has 0 bridgehead atoms. The minimum Gasteiger partial charge on any atom is -0.369 e. The Bertz CT molecular complexity index is 494. The molecule has 0 aromatic rings. The van der Waals surface area contributed by atoms with Crippen molar-refractivity contribution in [1.82, 2.24) is 0 Å². The number of rotatable bonds is 14. The summed E-state index contributed by atoms with van der Waals surface area (Å²) in [5, 5.41) is 0. The topological polar surface area (TPSA) is 29.6 Å². The van der Waals surface area contributed by atoms with Crippen LogP contribution in [-0.2, 0) is 9.53 Å². The van der Waals surface area contributed by atoms with E-state index in [1.54, 1.807) is 6.92 Å². The molecule has 1 saturated heterocycles. The van der Waals surface area contributed by atoms with Crippen LogP contribution < -0.4 is 0 Å². The van der Waals surface area contributed by atoms with Crippen molar-refractivity contribution < 1.29 is 9.53 Å². The van der Waals surface area contributed by atoms with Crippen LogP contribution in [0.3, 0.4) is 0 Å². The Balaban J connectivity index is 1.97. The molecule has 25 heavy (non-hydrogen) atoms. The van der Waals surface area contributed by atoms with Gasteiger partial charge in [0.2, 0.25) is 0 Å². The zero-order valence-corrected chi connectivity index (χ0v) is 15.9. The molecule has 0 N–H and O–H groups in total. The van der Waals surface area contributed by atoms with Gasteiger partial charge in [0, 0.05) is 6.42 Å². The Morgan fingerprint density at radius 1 is 0.760 bits per heavy atom. The van der Waals surface area contributed by atoms with Crippen molar-refractivity contribution in [3.05, 3.63) is 60.8 Å². The molecule has 2 atom stereocenters. The van der Waals surface area contributed by atoms with Gasteiger partial charge in [-0.2, -0.15) is 0 Å². The third-order valence-corrected chi connectivity index (χ3v) is 3.97. The molecule has 2 nitrogen and oxygen atoms in total. The second kappa shape index (κ2) is 14.7. The maximum Gasteiger partial charge on any atom is 0.130 e. The zero-order valence-electron chi connectivity index (χ0n) is 15.9. The van der Waals surface area contributed by atoms with Crippen molar-refractivity contribution in [3.63, 3.8) is 0 Å². The van der Waals surface area contributed by atoms with Crippen LogP contribution in [0.15, 0.2) is 60.8 Å². The van der Waals surface area contributed by atoms with E-state index in [0.29, 0.717) is 18.6 Å². The number of hydrogen-bond acceptors (Lipinski definition) is 2. The van der Waals surface area contributed by atoms with Crippen molar-refractivity contribution in [2.45, 2.75) is 77.4 Å². The van der Waals surface area contributed by atoms with E-state index in [1.165, 1.54) is 0 Å². The summed E-state index contributed by atoms with van der Waals surface area (Å²) in [6, 6.07) is 0. The fraction of sp³-hybridized carbons (Fsp3) is 0.522. The average molecular weight is 343 g/mol. The zero-order chi connectivity index (χ0) is 18.2. The molecular weight excluding hydrogens is 308 g/mol. The van der Waals surface area contributed by atoms with E-state index >= 15 is 0 Å². The molecule has 0 aromatic heterocycles. The second-order valence-electron chi connectivity index (χ2n) is 6.40. The first-order valence-corrected chi connectivity index (χ1v) is 9.64. The average Bonchev–Trinajstić information content (AvgIpc) is 3.34. The summed E-state index contributed by atoms with van der Waals surface area (Å²) in [6.45, 7) is 3.79. The lowest BCUT2D eigenvalue weighted by atomic mass is 10.1. The van der Waals surface area contributed by atoms with Gasteiger partial charge in [0.05, 0.1) is 12.2 Å². The highest BCUT2D eigenvalue weighted by molar-refractivity contribution is 5.75. The fourth-order valence-corrected chi connectivity index (χ4v) is 2.44. The van der Waals surface area contributed by atoms with E-state index in [9.17, 15) is 4.79 Å². The fourth-order valence-electron chi connectivity index (χ4n) is 2.44. The Hall–Kier alpha value is -1.67. The lowest BCUT2D eigenvalue weighted by Gasteiger charge is -1.89. The summed E-state index contributed by atoms with van der Waals surface area (Å²) in [6.07, 6.45) is 30.3. The smallest absolute Gasteiger partial charge is 0.130 e. The maximum absolute atomic E-state index is 10.8. The van der Waals surface area contributed by atoms with Crippen LogP contribution in [0.25, 0.3) is 0 Å². The molecule has 1 heterocycles. The molecule has 2 heteroatoms. The molecule has 0 aromatic carbocycles. The van der Waals surface area contributed by atoms with E-state index in [1.807, 2.05) is 0 Å². The van der Waals surface area contributed by atoms with Gasteiger partial charge in [-0.1, -0.05) is 67.7 Å². The van der Waals surface area contributed by atoms with Crippen molar-refractivity contribution in [2.24, 2.45) is 0 Å². The largest absolute Gasteiger partial charge is 0.369 e. The Morgan fingerprint density at radius 3 is 1.76 bits per heavy atom. The summed E-state index contributed by atoms with van der Waals surface area (Å²) in [7, 11) is 0. The van der Waals surface area contributed by atoms with Crippen LogP contribution in [0, 0.1) is 0 Å². The molecule has 1 rings (SSSR count). The van der Waals surface area contributed by atoms with Crippen LogP contribution in [0.5, 0.6) is 0 Å². The molecule has 1 aliphatic rings. The van der Waals surface area contributed by atoms with Gasteiger partial charge in [0.15, 0.2) is 0 Å². The van der Waals surface area contributed by atoms with Crippen molar-refractivity contribution in [3.8, 4) is 0 Å². The van der Waals surface area contributed by atoms with E-state index in [-0.39, 0.29) is 5.78 Å². The van der Waals surface area contributed by atoms with Gasteiger partial charge in [-0.05, 0) is 51.9 Å². The monoisotopic (exact) mass is 342 g/mol. The normalized spacial score (nSPS) is 20.9. The predicted molar refractivity (Wildman–Crippen MR) is 108 cm³/mol. The predicted octanol–water partition coefficient (Wildman–Crippen LogP) is 6.26. The molecular formula is C23H34O2. The first kappa shape index (κ1) is 21.4. The second-order valence-corrected chi connectivity index (χ2v) is 6.40. The van der Waals surface area contributed by atoms with Crippen molar-refractivity contribution in [1.29, 1.82) is 0 Å². The van der Waals surface area contributed by atoms with E-state index in [2.05, 4.69) is 67.7 Å². The number of Topliss-reactive ketones (excluding diaryl/α,β-unsaturated/α-hetero) is 1. The summed E-state index contributed by atoms with van der Waals surface area (Å²) >= 11 is 0. The van der Waals surface area contributed by atoms with E-state index in [4.69, 9.17) is 4.74 Å². The number of carbonyl (C=O) groups excluding carboxylic acids is 1. The Morgan fingerprint density at radius 2 is 1.24 bits per heavy atom. The summed E-state index contributed by atoms with van der Waals surface area (Å²) in [5.74, 6) is 0.256. The highest BCUT2D eigenvalue weighted by Gasteiger charge is 2.35. The van der Waals surface area contributed by atoms with Crippen molar-refractivity contribution >= 4 is 5.78 Å². The molecule has 0 spiro atoms. The molecule has 0 saturated carbocycles. The summed E-state index contributed by atoms with van der Waals surface area (Å²) in [5.41, 5.74) is 0. The number of epoxide rings is 1. The number of hydrogen-bond donors (Lipinski definition) is 0. The third kappa shape index (κ3) is 13.3. The highest BCUT2D eigenvalue weighted by atomic mass is 16.6. The number of ketones is 1. The molecule has 0 amide bonds. The van der Waals surface area contributed by atoms with Crippen molar-refractivity contribution in [2.75, 3.05) is 0 Å². The van der Waals surface area contributed by atoms with Gasteiger partial charge in [0.1, 0.15) is 5.78 Å². The third-order valence-electron chi connectivity index (χ3n) is 3.97. The molecule has 138 valence electrons. The highest BCUT2D eigenvalue weighted by Crippen LogP contribution is 2.29. The van der Waals surface area contributed by atoms with Crippen LogP contribution >= 0.6 is 0 Å². The molecule has 1 aliphatic heterocycles. The Labute approximate surface area is 154 Å². The first-order valence-electron chi connectivity index (χ1n) is 9.64. The van der Waals surface area contributed by atoms with Crippen LogP contribution in [0.4, 0.5) is 0 Å². The quantitative estimate of drug-likeness (QED) is 0.275. The van der Waals surface area contributed by atoms with Gasteiger partial charge >= 0.3 is 0 Å². The van der Waals surface area contributed by atoms with Gasteiger partial charge in [0.25, 0.3) is 0 Å². The van der Waals surface area contributed by atoms with E-state index in [0.717, 1.165) is 44.9 Å². The number of carbonyl (C=O) groups is 1. The number of ether oxygens (including phenoxy) is 1. The van der Waals surface area contributed by atoms with Crippen LogP contribution in [0.2, 0.25) is 0 Å². The van der Waals surface area contributed by atoms with E-state index < -0.39 is 0 Å². The van der Waals surface area contributed by atoms with Gasteiger partial charge in [-0.15, -0.1) is 0 Å². The Kier molecular flexibility index (Phi) is 12.5. The lowest BCUT2D eigenvalue weighted by molar-refractivity contribution is -0.116. The SMILES string of the molecule is CC/C=C\C/C=C\C/C=C\CC1OC1C/C=C\C/C=C\CCC(C)=O. The standard InChI is InChI=1S/C23H34O2/c1-3-4-5-6-7-8-9-13-16-19-22-23(25-22)20-17-14-11-10-12-15-18-21(2)24/h4-5,7-8,10,12-14,16-17,22-23H,3,6,9,11,15,18-20H2,1-2H3/b5-4-,8-7-,12-10-,16-13-,17-14-. The van der Waals surface area contributed by atoms with Gasteiger partial charge < -0.3 is 9.53 Å². The van der Waals surface area contributed by atoms with Crippen LogP contribution in [-0.4, -0.2) is 18.0 Å². The summed E-state index contributed by atoms with van der Waals surface area (Å²) < 4.78 is 5.68. The van der Waals surface area contributed by atoms with Gasteiger partial charge in [-0.3, -0.25) is 0 Å². The summed E-state index contributed by atoms with van der Waals surface area (Å²) in [4.78, 5) is 10.8. The van der Waals surface area contributed by atoms with Crippen LogP contribution in [0.1, 0.15) is 65.2 Å². The molecule has 0 radical (unpaired) electrons. The minimum atomic E-state index is 0.256. The van der Waals surface area contributed by atoms with Gasteiger partial charge in [-0.25, -0.2) is 0 Å².